The molecule has 80 valence electrons. The van der Waals surface area contributed by atoms with Gasteiger partial charge in [0.2, 0.25) is 0 Å². The van der Waals surface area contributed by atoms with E-state index in [2.05, 4.69) is 0 Å². The minimum Gasteiger partial charge on any atom is -0.501 e. The largest absolute Gasteiger partial charge is 0.501 e. The van der Waals surface area contributed by atoms with Gasteiger partial charge in [-0.05, 0) is 19.3 Å². The van der Waals surface area contributed by atoms with E-state index in [4.69, 9.17) is 15.2 Å². The van der Waals surface area contributed by atoms with Crippen LogP contribution >= 0.6 is 0 Å². The molecule has 1 aliphatic heterocycles. The highest BCUT2D eigenvalue weighted by atomic mass is 16.5. The highest BCUT2D eigenvalue weighted by Gasteiger charge is 2.19. The predicted octanol–water partition coefficient (Wildman–Crippen LogP) is 0.614. The lowest BCUT2D eigenvalue weighted by Gasteiger charge is -2.16. The summed E-state index contributed by atoms with van der Waals surface area (Å²) in [5, 5.41) is 0. The molecule has 1 unspecified atom stereocenters. The molecule has 0 aromatic rings. The zero-order valence-electron chi connectivity index (χ0n) is 8.49. The first kappa shape index (κ1) is 11.2. The summed E-state index contributed by atoms with van der Waals surface area (Å²) >= 11 is 0. The molecular weight excluding hydrogens is 182 g/mol. The van der Waals surface area contributed by atoms with Gasteiger partial charge < -0.3 is 15.2 Å². The van der Waals surface area contributed by atoms with Gasteiger partial charge in [0.1, 0.15) is 0 Å². The molecule has 1 aliphatic rings. The van der Waals surface area contributed by atoms with E-state index in [0.29, 0.717) is 25.2 Å². The molecule has 0 saturated carbocycles. The minimum absolute atomic E-state index is 0.0123. The number of nitrogens with two attached hydrogens (primary N) is 1. The number of ether oxygens (including phenoxy) is 2. The van der Waals surface area contributed by atoms with Crippen LogP contribution in [-0.4, -0.2) is 32.1 Å². The lowest BCUT2D eigenvalue weighted by atomic mass is 9.99. The normalized spacial score (nSPS) is 18.3. The minimum atomic E-state index is -0.456. The zero-order chi connectivity index (χ0) is 10.4. The van der Waals surface area contributed by atoms with Gasteiger partial charge in [-0.25, -0.2) is 0 Å². The first-order chi connectivity index (χ1) is 6.75. The van der Waals surface area contributed by atoms with Gasteiger partial charge in [-0.3, -0.25) is 4.79 Å². The van der Waals surface area contributed by atoms with Crippen LogP contribution < -0.4 is 5.73 Å². The number of hydrogen-bond donors (Lipinski definition) is 1. The highest BCUT2D eigenvalue weighted by molar-refractivity contribution is 5.99. The summed E-state index contributed by atoms with van der Waals surface area (Å²) in [7, 11) is 1.60. The summed E-state index contributed by atoms with van der Waals surface area (Å²) in [4.78, 5) is 11.7. The summed E-state index contributed by atoms with van der Waals surface area (Å²) < 4.78 is 9.96. The third-order valence-electron chi connectivity index (χ3n) is 2.22. The predicted molar refractivity (Wildman–Crippen MR) is 52.7 cm³/mol. The van der Waals surface area contributed by atoms with Gasteiger partial charge in [0.05, 0.1) is 18.9 Å². The van der Waals surface area contributed by atoms with Crippen molar-refractivity contribution in [1.82, 2.24) is 0 Å². The maximum atomic E-state index is 11.7. The SMILES string of the molecule is COCCC(N)C(=O)C1=COCCC1. The van der Waals surface area contributed by atoms with Crippen LogP contribution in [0.1, 0.15) is 19.3 Å². The smallest absolute Gasteiger partial charge is 0.178 e. The first-order valence-corrected chi connectivity index (χ1v) is 4.85. The Bertz CT molecular complexity index is 225. The van der Waals surface area contributed by atoms with Crippen molar-refractivity contribution < 1.29 is 14.3 Å². The lowest BCUT2D eigenvalue weighted by Crippen LogP contribution is -2.33. The Morgan fingerprint density at radius 1 is 1.79 bits per heavy atom. The third kappa shape index (κ3) is 3.12. The van der Waals surface area contributed by atoms with E-state index in [1.807, 2.05) is 0 Å². The molecule has 0 radical (unpaired) electrons. The van der Waals surface area contributed by atoms with Crippen LogP contribution in [0.25, 0.3) is 0 Å². The van der Waals surface area contributed by atoms with Crippen LogP contribution in [0.2, 0.25) is 0 Å². The first-order valence-electron chi connectivity index (χ1n) is 4.85. The fourth-order valence-electron chi connectivity index (χ4n) is 1.36. The molecule has 0 spiro atoms. The van der Waals surface area contributed by atoms with Crippen LogP contribution in [0.3, 0.4) is 0 Å². The van der Waals surface area contributed by atoms with Gasteiger partial charge in [-0.2, -0.15) is 0 Å². The quantitative estimate of drug-likeness (QED) is 0.704. The van der Waals surface area contributed by atoms with E-state index in [9.17, 15) is 4.79 Å². The van der Waals surface area contributed by atoms with Crippen LogP contribution in [0.4, 0.5) is 0 Å². The number of carbonyl (C=O) groups excluding carboxylic acids is 1. The summed E-state index contributed by atoms with van der Waals surface area (Å²) in [5.74, 6) is -0.0123. The van der Waals surface area contributed by atoms with E-state index in [-0.39, 0.29) is 5.78 Å². The highest BCUT2D eigenvalue weighted by Crippen LogP contribution is 2.14. The van der Waals surface area contributed by atoms with Crippen molar-refractivity contribution in [1.29, 1.82) is 0 Å². The number of ketones is 1. The molecule has 4 nitrogen and oxygen atoms in total. The second-order valence-corrected chi connectivity index (χ2v) is 3.37. The number of methoxy groups -OCH3 is 1. The number of Topliss-reactive ketones (excluding diaryl/α,β-unsaturated/α-hetero) is 1. The van der Waals surface area contributed by atoms with Crippen molar-refractivity contribution >= 4 is 5.78 Å². The Labute approximate surface area is 84.1 Å². The summed E-state index contributed by atoms with van der Waals surface area (Å²) in [5.41, 5.74) is 6.42. The van der Waals surface area contributed by atoms with E-state index in [1.165, 1.54) is 0 Å². The molecule has 1 atom stereocenters. The van der Waals surface area contributed by atoms with Crippen molar-refractivity contribution in [2.45, 2.75) is 25.3 Å². The molecule has 1 rings (SSSR count). The zero-order valence-corrected chi connectivity index (χ0v) is 8.49. The molecule has 0 amide bonds. The van der Waals surface area contributed by atoms with Crippen LogP contribution in [0.15, 0.2) is 11.8 Å². The second-order valence-electron chi connectivity index (χ2n) is 3.37. The standard InChI is InChI=1S/C10H17NO3/c1-13-6-4-9(11)10(12)8-3-2-5-14-7-8/h7,9H,2-6,11H2,1H3. The van der Waals surface area contributed by atoms with Crippen molar-refractivity contribution in [3.8, 4) is 0 Å². The van der Waals surface area contributed by atoms with Crippen LogP contribution in [-0.2, 0) is 14.3 Å². The average Bonchev–Trinajstić information content (AvgIpc) is 2.26. The number of carbonyl (C=O) groups is 1. The van der Waals surface area contributed by atoms with Crippen LogP contribution in [0, 0.1) is 0 Å². The molecule has 0 aromatic carbocycles. The Balaban J connectivity index is 2.42. The van der Waals surface area contributed by atoms with E-state index < -0.39 is 6.04 Å². The summed E-state index contributed by atoms with van der Waals surface area (Å²) in [6.07, 6.45) is 3.78. The van der Waals surface area contributed by atoms with Crippen LogP contribution in [0.5, 0.6) is 0 Å². The monoisotopic (exact) mass is 199 g/mol. The van der Waals surface area contributed by atoms with E-state index >= 15 is 0 Å². The van der Waals surface area contributed by atoms with Gasteiger partial charge >= 0.3 is 0 Å². The van der Waals surface area contributed by atoms with Gasteiger partial charge in [0.15, 0.2) is 5.78 Å². The molecule has 0 bridgehead atoms. The fraction of sp³-hybridized carbons (Fsp3) is 0.700. The van der Waals surface area contributed by atoms with Crippen molar-refractivity contribution in [2.24, 2.45) is 5.73 Å². The Morgan fingerprint density at radius 3 is 3.14 bits per heavy atom. The molecule has 14 heavy (non-hydrogen) atoms. The van der Waals surface area contributed by atoms with Crippen molar-refractivity contribution in [3.05, 3.63) is 11.8 Å². The van der Waals surface area contributed by atoms with Gasteiger partial charge in [0.25, 0.3) is 0 Å². The topological polar surface area (TPSA) is 61.5 Å². The summed E-state index contributed by atoms with van der Waals surface area (Å²) in [6, 6.07) is -0.456. The fourth-order valence-corrected chi connectivity index (χ4v) is 1.36. The van der Waals surface area contributed by atoms with Crippen molar-refractivity contribution in [2.75, 3.05) is 20.3 Å². The third-order valence-corrected chi connectivity index (χ3v) is 2.22. The Kier molecular flexibility index (Phi) is 4.62. The molecule has 0 saturated heterocycles. The molecule has 0 fully saturated rings. The second kappa shape index (κ2) is 5.78. The Morgan fingerprint density at radius 2 is 2.57 bits per heavy atom. The molecular formula is C10H17NO3. The molecule has 0 aromatic heterocycles. The summed E-state index contributed by atoms with van der Waals surface area (Å²) in [6.45, 7) is 1.21. The average molecular weight is 199 g/mol. The maximum absolute atomic E-state index is 11.7. The van der Waals surface area contributed by atoms with E-state index in [1.54, 1.807) is 13.4 Å². The van der Waals surface area contributed by atoms with Crippen molar-refractivity contribution in [3.63, 3.8) is 0 Å². The van der Waals surface area contributed by atoms with Gasteiger partial charge in [-0.15, -0.1) is 0 Å². The number of rotatable bonds is 5. The number of hydrogen-bond acceptors (Lipinski definition) is 4. The lowest BCUT2D eigenvalue weighted by molar-refractivity contribution is -0.117. The van der Waals surface area contributed by atoms with Gasteiger partial charge in [-0.1, -0.05) is 0 Å². The van der Waals surface area contributed by atoms with E-state index in [0.717, 1.165) is 12.8 Å². The molecule has 1 heterocycles. The molecule has 4 heteroatoms. The van der Waals surface area contributed by atoms with Gasteiger partial charge in [0, 0.05) is 19.3 Å². The Hall–Kier alpha value is -0.870. The molecule has 2 N–H and O–H groups in total. The molecule has 0 aliphatic carbocycles. The maximum Gasteiger partial charge on any atom is 0.178 e.